The van der Waals surface area contributed by atoms with Crippen LogP contribution in [0.5, 0.6) is 11.5 Å². The molecule has 130 valence electrons. The van der Waals surface area contributed by atoms with E-state index < -0.39 is 0 Å². The molecular weight excluding hydrogens is 312 g/mol. The smallest absolute Gasteiger partial charge is 0.240 e. The lowest BCUT2D eigenvalue weighted by molar-refractivity contribution is -0.134. The van der Waals surface area contributed by atoms with Gasteiger partial charge in [-0.2, -0.15) is 0 Å². The number of carbonyl (C=O) groups is 1. The number of ether oxygens (including phenoxy) is 1. The summed E-state index contributed by atoms with van der Waals surface area (Å²) in [6, 6.07) is 18.0. The predicted octanol–water partition coefficient (Wildman–Crippen LogP) is 3.72. The molecule has 25 heavy (non-hydrogen) atoms. The number of likely N-dealkylation sites (tertiary alicyclic amines) is 1. The summed E-state index contributed by atoms with van der Waals surface area (Å²) in [7, 11) is 0. The zero-order chi connectivity index (χ0) is 17.1. The lowest BCUT2D eigenvalue weighted by Gasteiger charge is -2.40. The maximum atomic E-state index is 12.5. The van der Waals surface area contributed by atoms with E-state index in [1.807, 2.05) is 42.5 Å². The lowest BCUT2D eigenvalue weighted by atomic mass is 9.86. The Labute approximate surface area is 148 Å². The standard InChI is InChI=1S/C21H24N2O2/c24-20-21(11-5-13-22-20)12-6-14-23(21)16-17-7-4-10-19(15-17)25-18-8-2-1-3-9-18/h1-4,7-10,15H,5-6,11-14,16H2,(H,22,24). The minimum absolute atomic E-state index is 0.216. The topological polar surface area (TPSA) is 41.6 Å². The minimum atomic E-state index is -0.297. The van der Waals surface area contributed by atoms with Crippen molar-refractivity contribution in [1.82, 2.24) is 10.2 Å². The highest BCUT2D eigenvalue weighted by Crippen LogP contribution is 2.37. The number of hydrogen-bond donors (Lipinski definition) is 1. The Kier molecular flexibility index (Phi) is 4.45. The first kappa shape index (κ1) is 16.2. The Balaban J connectivity index is 1.51. The first-order chi connectivity index (χ1) is 12.3. The van der Waals surface area contributed by atoms with Crippen LogP contribution in [0.15, 0.2) is 54.6 Å². The number of para-hydroxylation sites is 1. The van der Waals surface area contributed by atoms with Crippen molar-refractivity contribution in [3.63, 3.8) is 0 Å². The van der Waals surface area contributed by atoms with E-state index in [9.17, 15) is 4.79 Å². The van der Waals surface area contributed by atoms with Crippen LogP contribution in [0.25, 0.3) is 0 Å². The fourth-order valence-corrected chi connectivity index (χ4v) is 4.12. The molecule has 4 rings (SSSR count). The first-order valence-electron chi connectivity index (χ1n) is 9.11. The van der Waals surface area contributed by atoms with Gasteiger partial charge in [-0.15, -0.1) is 0 Å². The molecule has 2 aliphatic heterocycles. The van der Waals surface area contributed by atoms with Crippen LogP contribution in [0.1, 0.15) is 31.2 Å². The maximum Gasteiger partial charge on any atom is 0.240 e. The van der Waals surface area contributed by atoms with E-state index in [1.165, 1.54) is 5.56 Å². The van der Waals surface area contributed by atoms with Gasteiger partial charge in [-0.3, -0.25) is 9.69 Å². The molecule has 2 aromatic carbocycles. The molecule has 1 N–H and O–H groups in total. The van der Waals surface area contributed by atoms with E-state index in [2.05, 4.69) is 22.3 Å². The van der Waals surface area contributed by atoms with Crippen molar-refractivity contribution >= 4 is 5.91 Å². The summed E-state index contributed by atoms with van der Waals surface area (Å²) < 4.78 is 5.94. The van der Waals surface area contributed by atoms with Crippen LogP contribution < -0.4 is 10.1 Å². The van der Waals surface area contributed by atoms with Crippen LogP contribution >= 0.6 is 0 Å². The molecule has 1 unspecified atom stereocenters. The number of rotatable bonds is 4. The molecule has 4 heteroatoms. The third kappa shape index (κ3) is 3.27. The predicted molar refractivity (Wildman–Crippen MR) is 97.6 cm³/mol. The SMILES string of the molecule is O=C1NCCCC12CCCN2Cc1cccc(Oc2ccccc2)c1. The summed E-state index contributed by atoms with van der Waals surface area (Å²) in [5.41, 5.74) is 0.891. The molecule has 0 aliphatic carbocycles. The Morgan fingerprint density at radius 3 is 2.64 bits per heavy atom. The molecule has 1 atom stereocenters. The molecule has 0 aromatic heterocycles. The molecule has 0 bridgehead atoms. The van der Waals surface area contributed by atoms with Gasteiger partial charge in [-0.1, -0.05) is 30.3 Å². The molecule has 2 fully saturated rings. The number of piperidine rings is 1. The molecule has 2 aliphatic rings. The van der Waals surface area contributed by atoms with Gasteiger partial charge in [0, 0.05) is 13.1 Å². The van der Waals surface area contributed by atoms with E-state index >= 15 is 0 Å². The summed E-state index contributed by atoms with van der Waals surface area (Å²) in [6.07, 6.45) is 4.10. The molecule has 0 radical (unpaired) electrons. The second-order valence-corrected chi connectivity index (χ2v) is 6.98. The van der Waals surface area contributed by atoms with Crippen molar-refractivity contribution in [3.8, 4) is 11.5 Å². The van der Waals surface area contributed by atoms with Crippen molar-refractivity contribution in [2.24, 2.45) is 0 Å². The van der Waals surface area contributed by atoms with Gasteiger partial charge in [-0.25, -0.2) is 0 Å². The van der Waals surface area contributed by atoms with Crippen LogP contribution in [-0.2, 0) is 11.3 Å². The summed E-state index contributed by atoms with van der Waals surface area (Å²) in [6.45, 7) is 2.59. The largest absolute Gasteiger partial charge is 0.457 e. The van der Waals surface area contributed by atoms with Crippen LogP contribution in [0.2, 0.25) is 0 Å². The van der Waals surface area contributed by atoms with Gasteiger partial charge < -0.3 is 10.1 Å². The molecule has 1 amide bonds. The maximum absolute atomic E-state index is 12.5. The molecule has 2 heterocycles. The van der Waals surface area contributed by atoms with Crippen LogP contribution in [-0.4, -0.2) is 29.4 Å². The Morgan fingerprint density at radius 2 is 1.80 bits per heavy atom. The van der Waals surface area contributed by atoms with Crippen molar-refractivity contribution in [2.45, 2.75) is 37.8 Å². The van der Waals surface area contributed by atoms with Gasteiger partial charge in [0.05, 0.1) is 0 Å². The number of carbonyl (C=O) groups excluding carboxylic acids is 1. The number of benzene rings is 2. The monoisotopic (exact) mass is 336 g/mol. The molecule has 2 saturated heterocycles. The zero-order valence-corrected chi connectivity index (χ0v) is 14.4. The van der Waals surface area contributed by atoms with E-state index in [4.69, 9.17) is 4.74 Å². The van der Waals surface area contributed by atoms with Crippen molar-refractivity contribution in [2.75, 3.05) is 13.1 Å². The average Bonchev–Trinajstić information content (AvgIpc) is 3.02. The average molecular weight is 336 g/mol. The number of nitrogens with zero attached hydrogens (tertiary/aromatic N) is 1. The zero-order valence-electron chi connectivity index (χ0n) is 14.4. The lowest BCUT2D eigenvalue weighted by Crippen LogP contribution is -2.58. The number of amides is 1. The number of nitrogens with one attached hydrogen (secondary N) is 1. The number of hydrogen-bond acceptors (Lipinski definition) is 3. The molecular formula is C21H24N2O2. The minimum Gasteiger partial charge on any atom is -0.457 e. The fraction of sp³-hybridized carbons (Fsp3) is 0.381. The summed E-state index contributed by atoms with van der Waals surface area (Å²) in [4.78, 5) is 14.9. The summed E-state index contributed by atoms with van der Waals surface area (Å²) in [5, 5.41) is 3.07. The van der Waals surface area contributed by atoms with Crippen LogP contribution in [0.4, 0.5) is 0 Å². The Hall–Kier alpha value is -2.33. The first-order valence-corrected chi connectivity index (χ1v) is 9.11. The fourth-order valence-electron chi connectivity index (χ4n) is 4.12. The van der Waals surface area contributed by atoms with Crippen LogP contribution in [0.3, 0.4) is 0 Å². The van der Waals surface area contributed by atoms with Gasteiger partial charge >= 0.3 is 0 Å². The van der Waals surface area contributed by atoms with Gasteiger partial charge in [-0.05, 0) is 62.1 Å². The second-order valence-electron chi connectivity index (χ2n) is 6.98. The van der Waals surface area contributed by atoms with E-state index in [1.54, 1.807) is 0 Å². The van der Waals surface area contributed by atoms with Crippen molar-refractivity contribution < 1.29 is 9.53 Å². The highest BCUT2D eigenvalue weighted by molar-refractivity contribution is 5.87. The summed E-state index contributed by atoms with van der Waals surface area (Å²) >= 11 is 0. The van der Waals surface area contributed by atoms with Gasteiger partial charge in [0.2, 0.25) is 5.91 Å². The molecule has 0 saturated carbocycles. The van der Waals surface area contributed by atoms with Gasteiger partial charge in [0.25, 0.3) is 0 Å². The van der Waals surface area contributed by atoms with Crippen molar-refractivity contribution in [1.29, 1.82) is 0 Å². The third-order valence-corrected chi connectivity index (χ3v) is 5.35. The Bertz CT molecular complexity index is 747. The normalized spacial score (nSPS) is 23.6. The second kappa shape index (κ2) is 6.89. The Morgan fingerprint density at radius 1 is 1.00 bits per heavy atom. The van der Waals surface area contributed by atoms with Gasteiger partial charge in [0.15, 0.2) is 0 Å². The van der Waals surface area contributed by atoms with Crippen LogP contribution in [0, 0.1) is 0 Å². The van der Waals surface area contributed by atoms with Crippen molar-refractivity contribution in [3.05, 3.63) is 60.2 Å². The van der Waals surface area contributed by atoms with E-state index in [-0.39, 0.29) is 11.4 Å². The molecule has 1 spiro atoms. The van der Waals surface area contributed by atoms with E-state index in [0.29, 0.717) is 0 Å². The van der Waals surface area contributed by atoms with Gasteiger partial charge in [0.1, 0.15) is 17.0 Å². The molecule has 2 aromatic rings. The highest BCUT2D eigenvalue weighted by atomic mass is 16.5. The summed E-state index contributed by atoms with van der Waals surface area (Å²) in [5.74, 6) is 1.89. The molecule has 4 nitrogen and oxygen atoms in total. The van der Waals surface area contributed by atoms with E-state index in [0.717, 1.165) is 56.8 Å². The quantitative estimate of drug-likeness (QED) is 0.925. The highest BCUT2D eigenvalue weighted by Gasteiger charge is 2.48. The third-order valence-electron chi connectivity index (χ3n) is 5.35.